The zero-order chi connectivity index (χ0) is 32.1. The fourth-order valence-corrected chi connectivity index (χ4v) is 4.36. The summed E-state index contributed by atoms with van der Waals surface area (Å²) in [6.45, 7) is 5.29. The van der Waals surface area contributed by atoms with Gasteiger partial charge in [-0.1, -0.05) is 6.07 Å². The number of aromatic nitrogens is 5. The lowest BCUT2D eigenvalue weighted by molar-refractivity contribution is -0.276. The summed E-state index contributed by atoms with van der Waals surface area (Å²) in [4.78, 5) is 39.8. The first-order chi connectivity index (χ1) is 21.5. The lowest BCUT2D eigenvalue weighted by atomic mass is 10.1. The minimum absolute atomic E-state index is 0.0256. The third kappa shape index (κ3) is 8.01. The number of nitrogens with zero attached hydrogens (tertiary/aromatic N) is 7. The number of hydrogen-bond donors (Lipinski definition) is 4. The van der Waals surface area contributed by atoms with E-state index in [1.165, 1.54) is 24.1 Å². The van der Waals surface area contributed by atoms with E-state index in [2.05, 4.69) is 63.1 Å². The summed E-state index contributed by atoms with van der Waals surface area (Å²) in [6, 6.07) is 10.5. The van der Waals surface area contributed by atoms with Gasteiger partial charge in [0.2, 0.25) is 5.88 Å². The van der Waals surface area contributed by atoms with Gasteiger partial charge in [-0.3, -0.25) is 9.59 Å². The van der Waals surface area contributed by atoms with E-state index >= 15 is 0 Å². The number of hydrogen-bond acceptors (Lipinski definition) is 11. The van der Waals surface area contributed by atoms with Crippen molar-refractivity contribution in [1.82, 2.24) is 40.0 Å². The summed E-state index contributed by atoms with van der Waals surface area (Å²) in [5, 5.41) is 15.1. The number of halogens is 3. The van der Waals surface area contributed by atoms with E-state index in [0.29, 0.717) is 28.8 Å². The Kier molecular flexibility index (Phi) is 9.10. The van der Waals surface area contributed by atoms with Crippen molar-refractivity contribution in [2.45, 2.75) is 13.3 Å². The second kappa shape index (κ2) is 13.1. The number of piperazine rings is 1. The molecule has 0 radical (unpaired) electrons. The number of carbonyl (C=O) groups is 2. The van der Waals surface area contributed by atoms with Crippen molar-refractivity contribution in [2.75, 3.05) is 56.3 Å². The molecule has 45 heavy (non-hydrogen) atoms. The van der Waals surface area contributed by atoms with Gasteiger partial charge in [0.1, 0.15) is 18.0 Å². The number of likely N-dealkylation sites (N-methyl/N-ethyl adjacent to an activating group) is 1. The summed E-state index contributed by atoms with van der Waals surface area (Å²) in [5.74, 6) is -0.315. The molecular weight excluding hydrogens is 595 g/mol. The summed E-state index contributed by atoms with van der Waals surface area (Å²) in [6.07, 6.45) is -2.51. The lowest BCUT2D eigenvalue weighted by Gasteiger charge is -2.32. The Hall–Kier alpha value is -5.29. The van der Waals surface area contributed by atoms with Crippen molar-refractivity contribution in [1.29, 1.82) is 0 Å². The van der Waals surface area contributed by atoms with Gasteiger partial charge in [-0.15, -0.1) is 13.2 Å². The summed E-state index contributed by atoms with van der Waals surface area (Å²) < 4.78 is 42.5. The Balaban J connectivity index is 1.37. The molecule has 0 saturated carbocycles. The van der Waals surface area contributed by atoms with Gasteiger partial charge < -0.3 is 31.0 Å². The van der Waals surface area contributed by atoms with Crippen molar-refractivity contribution in [3.05, 3.63) is 71.8 Å². The second-order valence-corrected chi connectivity index (χ2v) is 10.1. The summed E-state index contributed by atoms with van der Waals surface area (Å²) >= 11 is 0. The number of rotatable bonds is 9. The predicted octanol–water partition coefficient (Wildman–Crippen LogP) is 3.19. The molecule has 0 unspecified atom stereocenters. The van der Waals surface area contributed by atoms with Crippen LogP contribution in [0.15, 0.2) is 55.0 Å². The first kappa shape index (κ1) is 31.1. The minimum atomic E-state index is -4.89. The maximum Gasteiger partial charge on any atom is 0.574 e. The van der Waals surface area contributed by atoms with Gasteiger partial charge in [0, 0.05) is 69.0 Å². The maximum atomic E-state index is 12.8. The van der Waals surface area contributed by atoms with Crippen LogP contribution in [-0.2, 0) is 0 Å². The molecule has 1 aliphatic heterocycles. The normalized spacial score (nSPS) is 14.1. The second-order valence-electron chi connectivity index (χ2n) is 10.1. The molecule has 4 heterocycles. The highest BCUT2D eigenvalue weighted by Gasteiger charge is 2.31. The smallest absolute Gasteiger partial charge is 0.388 e. The van der Waals surface area contributed by atoms with Crippen LogP contribution in [0.3, 0.4) is 0 Å². The van der Waals surface area contributed by atoms with Crippen LogP contribution >= 0.6 is 0 Å². The number of aryl methyl sites for hydroxylation is 1. The van der Waals surface area contributed by atoms with Crippen LogP contribution in [0.25, 0.3) is 5.82 Å². The molecule has 0 spiro atoms. The predicted molar refractivity (Wildman–Crippen MR) is 159 cm³/mol. The van der Waals surface area contributed by atoms with Crippen LogP contribution in [0.1, 0.15) is 26.4 Å². The van der Waals surface area contributed by atoms with Gasteiger partial charge in [-0.2, -0.15) is 9.78 Å². The van der Waals surface area contributed by atoms with Crippen LogP contribution in [0.2, 0.25) is 0 Å². The molecule has 14 nitrogen and oxygen atoms in total. The van der Waals surface area contributed by atoms with Crippen LogP contribution < -0.4 is 26.1 Å². The van der Waals surface area contributed by atoms with E-state index in [9.17, 15) is 22.8 Å². The Morgan fingerprint density at radius 3 is 2.42 bits per heavy atom. The third-order valence-corrected chi connectivity index (χ3v) is 6.79. The molecule has 4 N–H and O–H groups in total. The molecule has 1 saturated heterocycles. The molecule has 236 valence electrons. The molecule has 3 aromatic heterocycles. The fourth-order valence-electron chi connectivity index (χ4n) is 4.36. The highest BCUT2D eigenvalue weighted by molar-refractivity contribution is 6.04. The molecule has 1 aromatic carbocycles. The van der Waals surface area contributed by atoms with Gasteiger partial charge in [0.15, 0.2) is 11.5 Å². The first-order valence-corrected chi connectivity index (χ1v) is 13.7. The average Bonchev–Trinajstić information content (AvgIpc) is 3.43. The number of nitrogens with one attached hydrogen (secondary N) is 4. The molecule has 1 fully saturated rings. The molecule has 4 aromatic rings. The van der Waals surface area contributed by atoms with Gasteiger partial charge >= 0.3 is 6.36 Å². The number of amides is 2. The molecule has 5 rings (SSSR count). The summed E-state index contributed by atoms with van der Waals surface area (Å²) in [7, 11) is 3.57. The topological polar surface area (TPSA) is 154 Å². The quantitative estimate of drug-likeness (QED) is 0.217. The molecular formula is C28H30F3N11O3. The number of alkyl halides is 3. The van der Waals surface area contributed by atoms with E-state index < -0.39 is 24.1 Å². The van der Waals surface area contributed by atoms with Crippen molar-refractivity contribution < 1.29 is 27.5 Å². The van der Waals surface area contributed by atoms with Crippen molar-refractivity contribution >= 4 is 34.8 Å². The van der Waals surface area contributed by atoms with E-state index in [4.69, 9.17) is 0 Å². The number of pyridine rings is 1. The number of ether oxygens (including phenoxy) is 1. The Bertz CT molecular complexity index is 1670. The van der Waals surface area contributed by atoms with Crippen molar-refractivity contribution in [3.8, 4) is 11.7 Å². The van der Waals surface area contributed by atoms with Gasteiger partial charge in [0.05, 0.1) is 5.56 Å². The highest BCUT2D eigenvalue weighted by atomic mass is 19.4. The van der Waals surface area contributed by atoms with E-state index in [-0.39, 0.29) is 11.3 Å². The van der Waals surface area contributed by atoms with Crippen LogP contribution in [-0.4, -0.2) is 93.1 Å². The van der Waals surface area contributed by atoms with Crippen molar-refractivity contribution in [3.63, 3.8) is 0 Å². The lowest BCUT2D eigenvalue weighted by Crippen LogP contribution is -2.47. The van der Waals surface area contributed by atoms with Gasteiger partial charge in [0.25, 0.3) is 11.8 Å². The Morgan fingerprint density at radius 2 is 1.73 bits per heavy atom. The monoisotopic (exact) mass is 625 g/mol. The van der Waals surface area contributed by atoms with Crippen LogP contribution in [0.5, 0.6) is 5.88 Å². The first-order valence-electron chi connectivity index (χ1n) is 13.7. The number of carbonyl (C=O) groups excluding carboxylic acids is 2. The van der Waals surface area contributed by atoms with E-state index in [0.717, 1.165) is 44.0 Å². The molecule has 0 bridgehead atoms. The zero-order valence-corrected chi connectivity index (χ0v) is 24.5. The molecule has 1 aliphatic rings. The largest absolute Gasteiger partial charge is 0.574 e. The molecule has 2 amide bonds. The van der Waals surface area contributed by atoms with E-state index in [1.807, 2.05) is 6.92 Å². The van der Waals surface area contributed by atoms with Gasteiger partial charge in [-0.05, 0) is 37.7 Å². The van der Waals surface area contributed by atoms with Crippen LogP contribution in [0, 0.1) is 6.92 Å². The minimum Gasteiger partial charge on any atom is -0.388 e. The number of benzene rings is 1. The SMILES string of the molecule is CNC(=O)c1cc(Nc2cc(NC(=O)c3ccc(OC(F)(F)F)nc3)ccc2C)n(-c2cc(NN3CCN(C)CC3)ncn2)n1. The third-order valence-electron chi connectivity index (χ3n) is 6.79. The Labute approximate surface area is 255 Å². The number of hydrazine groups is 1. The zero-order valence-electron chi connectivity index (χ0n) is 24.5. The maximum absolute atomic E-state index is 12.8. The van der Waals surface area contributed by atoms with Gasteiger partial charge in [-0.25, -0.2) is 20.0 Å². The molecule has 17 heteroatoms. The average molecular weight is 626 g/mol. The standard InChI is InChI=1S/C28H30F3N11O3/c1-17-4-6-19(36-26(43)18-5-7-25(33-15-18)45-28(29,30)31)12-20(17)37-24-13-21(27(44)32-2)38-42(24)23-14-22(34-16-35-23)39-41-10-8-40(3)9-11-41/h4-7,12-16,37H,8-11H2,1-3H3,(H,32,44)(H,36,43)(H,34,35,39). The molecule has 0 atom stereocenters. The Morgan fingerprint density at radius 1 is 0.956 bits per heavy atom. The van der Waals surface area contributed by atoms with Crippen molar-refractivity contribution in [2.24, 2.45) is 0 Å². The summed E-state index contributed by atoms with van der Waals surface area (Å²) in [5.41, 5.74) is 5.23. The number of anilines is 4. The van der Waals surface area contributed by atoms with Crippen LogP contribution in [0.4, 0.5) is 36.2 Å². The highest BCUT2D eigenvalue weighted by Crippen LogP contribution is 2.27. The van der Waals surface area contributed by atoms with E-state index in [1.54, 1.807) is 30.3 Å². The fraction of sp³-hybridized carbons (Fsp3) is 0.286. The molecule has 0 aliphatic carbocycles.